The van der Waals surface area contributed by atoms with E-state index in [1.165, 1.54) is 51.8 Å². The van der Waals surface area contributed by atoms with Crippen molar-refractivity contribution >= 4 is 45.1 Å². The minimum absolute atomic E-state index is 0.00836. The van der Waals surface area contributed by atoms with E-state index in [-0.39, 0.29) is 41.8 Å². The molecule has 1 aliphatic heterocycles. The zero-order valence-corrected chi connectivity index (χ0v) is 17.5. The van der Waals surface area contributed by atoms with Gasteiger partial charge in [-0.05, 0) is 36.4 Å². The third-order valence-electron chi connectivity index (χ3n) is 4.35. The second-order valence-corrected chi connectivity index (χ2v) is 8.89. The molecule has 0 saturated carbocycles. The van der Waals surface area contributed by atoms with Gasteiger partial charge < -0.3 is 9.64 Å². The summed E-state index contributed by atoms with van der Waals surface area (Å²) in [4.78, 5) is 29.7. The van der Waals surface area contributed by atoms with Gasteiger partial charge in [0.1, 0.15) is 5.15 Å². The number of carbonyl (C=O) groups excluding carboxylic acids is 2. The van der Waals surface area contributed by atoms with Crippen molar-refractivity contribution in [2.45, 2.75) is 4.90 Å². The van der Waals surface area contributed by atoms with Crippen LogP contribution in [0, 0.1) is 0 Å². The Kier molecular flexibility index (Phi) is 6.74. The predicted octanol–water partition coefficient (Wildman–Crippen LogP) is 2.08. The summed E-state index contributed by atoms with van der Waals surface area (Å²) < 4.78 is 31.6. The minimum atomic E-state index is -3.66. The van der Waals surface area contributed by atoms with Crippen LogP contribution in [0.2, 0.25) is 10.2 Å². The SMILES string of the molecule is O=C(OCC(=O)N1CCN(S(=O)(=O)c2ccc(Cl)cc2)CC1)c1cccnc1Cl. The zero-order valence-electron chi connectivity index (χ0n) is 15.1. The number of piperazine rings is 1. The Morgan fingerprint density at radius 3 is 2.31 bits per heavy atom. The first-order chi connectivity index (χ1) is 13.8. The van der Waals surface area contributed by atoms with Crippen molar-refractivity contribution in [3.05, 3.63) is 58.3 Å². The monoisotopic (exact) mass is 457 g/mol. The van der Waals surface area contributed by atoms with E-state index >= 15 is 0 Å². The van der Waals surface area contributed by atoms with Gasteiger partial charge in [0.2, 0.25) is 10.0 Å². The van der Waals surface area contributed by atoms with Gasteiger partial charge in [-0.15, -0.1) is 0 Å². The van der Waals surface area contributed by atoms with Gasteiger partial charge in [0.05, 0.1) is 10.5 Å². The van der Waals surface area contributed by atoms with Crippen molar-refractivity contribution in [1.29, 1.82) is 0 Å². The number of hydrogen-bond acceptors (Lipinski definition) is 6. The van der Waals surface area contributed by atoms with Gasteiger partial charge in [-0.2, -0.15) is 4.31 Å². The van der Waals surface area contributed by atoms with Crippen LogP contribution in [0.4, 0.5) is 0 Å². The molecule has 2 aromatic rings. The number of amides is 1. The van der Waals surface area contributed by atoms with Crippen molar-refractivity contribution in [2.24, 2.45) is 0 Å². The van der Waals surface area contributed by atoms with E-state index in [4.69, 9.17) is 27.9 Å². The van der Waals surface area contributed by atoms with Crippen LogP contribution in [0.1, 0.15) is 10.4 Å². The number of rotatable bonds is 5. The van der Waals surface area contributed by atoms with E-state index < -0.39 is 28.5 Å². The molecule has 1 saturated heterocycles. The lowest BCUT2D eigenvalue weighted by molar-refractivity contribution is -0.135. The predicted molar refractivity (Wildman–Crippen MR) is 106 cm³/mol. The van der Waals surface area contributed by atoms with E-state index in [1.54, 1.807) is 0 Å². The molecule has 11 heteroatoms. The number of benzene rings is 1. The van der Waals surface area contributed by atoms with Crippen LogP contribution in [0.15, 0.2) is 47.5 Å². The number of hydrogen-bond donors (Lipinski definition) is 0. The quantitative estimate of drug-likeness (QED) is 0.503. The molecule has 0 radical (unpaired) electrons. The summed E-state index contributed by atoms with van der Waals surface area (Å²) in [6, 6.07) is 8.89. The summed E-state index contributed by atoms with van der Waals surface area (Å²) in [5.74, 6) is -1.16. The largest absolute Gasteiger partial charge is 0.452 e. The Bertz CT molecular complexity index is 1010. The lowest BCUT2D eigenvalue weighted by Gasteiger charge is -2.33. The summed E-state index contributed by atoms with van der Waals surface area (Å²) in [5, 5.41) is 0.437. The van der Waals surface area contributed by atoms with Gasteiger partial charge in [-0.3, -0.25) is 4.79 Å². The molecule has 2 heterocycles. The van der Waals surface area contributed by atoms with Crippen LogP contribution in [-0.2, 0) is 19.6 Å². The molecule has 0 spiro atoms. The van der Waals surface area contributed by atoms with Crippen LogP contribution in [-0.4, -0.2) is 67.3 Å². The second-order valence-electron chi connectivity index (χ2n) is 6.16. The number of carbonyl (C=O) groups is 2. The maximum atomic E-state index is 12.7. The Morgan fingerprint density at radius 2 is 1.69 bits per heavy atom. The van der Waals surface area contributed by atoms with Gasteiger partial charge in [-0.1, -0.05) is 23.2 Å². The van der Waals surface area contributed by atoms with Gasteiger partial charge in [0.15, 0.2) is 6.61 Å². The fourth-order valence-electron chi connectivity index (χ4n) is 2.77. The first-order valence-corrected chi connectivity index (χ1v) is 10.8. The molecule has 0 N–H and O–H groups in total. The normalized spacial score (nSPS) is 15.2. The third kappa shape index (κ3) is 5.05. The third-order valence-corrected chi connectivity index (χ3v) is 6.81. The van der Waals surface area contributed by atoms with Gasteiger partial charge in [0.25, 0.3) is 5.91 Å². The van der Waals surface area contributed by atoms with Crippen molar-refractivity contribution in [3.8, 4) is 0 Å². The van der Waals surface area contributed by atoms with E-state index in [9.17, 15) is 18.0 Å². The van der Waals surface area contributed by atoms with Crippen LogP contribution >= 0.6 is 23.2 Å². The Balaban J connectivity index is 1.53. The molecular formula is C18H17Cl2N3O5S. The van der Waals surface area contributed by atoms with Crippen LogP contribution < -0.4 is 0 Å². The molecule has 0 aliphatic carbocycles. The topological polar surface area (TPSA) is 96.9 Å². The molecule has 1 aromatic carbocycles. The number of sulfonamides is 1. The number of nitrogens with zero attached hydrogens (tertiary/aromatic N) is 3. The summed E-state index contributed by atoms with van der Waals surface area (Å²) in [5.41, 5.74) is 0.0702. The average molecular weight is 458 g/mol. The average Bonchev–Trinajstić information content (AvgIpc) is 2.72. The number of halogens is 2. The zero-order chi connectivity index (χ0) is 21.0. The van der Waals surface area contributed by atoms with Crippen molar-refractivity contribution in [2.75, 3.05) is 32.8 Å². The van der Waals surface area contributed by atoms with Gasteiger partial charge in [-0.25, -0.2) is 18.2 Å². The second kappa shape index (κ2) is 9.08. The maximum Gasteiger partial charge on any atom is 0.341 e. The van der Waals surface area contributed by atoms with Crippen molar-refractivity contribution in [3.63, 3.8) is 0 Å². The molecule has 1 fully saturated rings. The minimum Gasteiger partial charge on any atom is -0.452 e. The molecule has 0 atom stereocenters. The smallest absolute Gasteiger partial charge is 0.341 e. The number of pyridine rings is 1. The lowest BCUT2D eigenvalue weighted by atomic mass is 10.3. The molecule has 1 aromatic heterocycles. The summed E-state index contributed by atoms with van der Waals surface area (Å²) in [7, 11) is -3.66. The lowest BCUT2D eigenvalue weighted by Crippen LogP contribution is -2.51. The maximum absolute atomic E-state index is 12.7. The van der Waals surface area contributed by atoms with Crippen LogP contribution in [0.25, 0.3) is 0 Å². The van der Waals surface area contributed by atoms with Crippen LogP contribution in [0.5, 0.6) is 0 Å². The molecular weight excluding hydrogens is 441 g/mol. The summed E-state index contributed by atoms with van der Waals surface area (Å²) in [6.45, 7) is 0.194. The standard InChI is InChI=1S/C18H17Cl2N3O5S/c19-13-3-5-14(6-4-13)29(26,27)23-10-8-22(9-11-23)16(24)12-28-18(25)15-2-1-7-21-17(15)20/h1-7H,8-12H2. The Labute approximate surface area is 178 Å². The van der Waals surface area contributed by atoms with E-state index in [1.807, 2.05) is 0 Å². The van der Waals surface area contributed by atoms with E-state index in [0.717, 1.165) is 0 Å². The van der Waals surface area contributed by atoms with Crippen LogP contribution in [0.3, 0.4) is 0 Å². The first-order valence-electron chi connectivity index (χ1n) is 8.60. The van der Waals surface area contributed by atoms with Crippen molar-refractivity contribution in [1.82, 2.24) is 14.2 Å². The fraction of sp³-hybridized carbons (Fsp3) is 0.278. The number of aromatic nitrogens is 1. The highest BCUT2D eigenvalue weighted by Gasteiger charge is 2.30. The Hall–Kier alpha value is -2.20. The molecule has 0 unspecified atom stereocenters. The Morgan fingerprint density at radius 1 is 1.03 bits per heavy atom. The van der Waals surface area contributed by atoms with E-state index in [2.05, 4.69) is 4.98 Å². The fourth-order valence-corrected chi connectivity index (χ4v) is 4.51. The molecule has 3 rings (SSSR count). The first kappa shape index (κ1) is 21.5. The summed E-state index contributed by atoms with van der Waals surface area (Å²) in [6.07, 6.45) is 1.43. The molecule has 29 heavy (non-hydrogen) atoms. The highest BCUT2D eigenvalue weighted by atomic mass is 35.5. The molecule has 1 aliphatic rings. The van der Waals surface area contributed by atoms with Crippen molar-refractivity contribution < 1.29 is 22.7 Å². The highest BCUT2D eigenvalue weighted by molar-refractivity contribution is 7.89. The van der Waals surface area contributed by atoms with Gasteiger partial charge >= 0.3 is 5.97 Å². The van der Waals surface area contributed by atoms with Gasteiger partial charge in [0, 0.05) is 37.4 Å². The van der Waals surface area contributed by atoms with E-state index in [0.29, 0.717) is 5.02 Å². The highest BCUT2D eigenvalue weighted by Crippen LogP contribution is 2.20. The molecule has 1 amide bonds. The molecule has 154 valence electrons. The number of esters is 1. The summed E-state index contributed by atoms with van der Waals surface area (Å²) >= 11 is 11.6. The molecule has 8 nitrogen and oxygen atoms in total. The number of ether oxygens (including phenoxy) is 1. The molecule has 0 bridgehead atoms.